The van der Waals surface area contributed by atoms with Gasteiger partial charge in [0, 0.05) is 47.4 Å². The molecule has 0 aromatic heterocycles. The third-order valence-electron chi connectivity index (χ3n) is 8.73. The van der Waals surface area contributed by atoms with Crippen molar-refractivity contribution in [1.29, 1.82) is 0 Å². The first-order chi connectivity index (χ1) is 19.6. The van der Waals surface area contributed by atoms with Crippen LogP contribution in [0.15, 0.2) is 51.7 Å². The molecule has 4 aliphatic heterocycles. The zero-order chi connectivity index (χ0) is 30.9. The molecular weight excluding hydrogens is 550 g/mol. The van der Waals surface area contributed by atoms with Crippen LogP contribution in [0.2, 0.25) is 0 Å². The highest BCUT2D eigenvalue weighted by atomic mass is 32.2. The van der Waals surface area contributed by atoms with E-state index in [4.69, 9.17) is 17.0 Å². The van der Waals surface area contributed by atoms with E-state index >= 15 is 0 Å². The van der Waals surface area contributed by atoms with Crippen molar-refractivity contribution in [3.8, 4) is 11.3 Å². The number of aromatic nitrogens is 1. The molecule has 2 aromatic carbocycles. The predicted octanol–water partition coefficient (Wildman–Crippen LogP) is 5.92. The zero-order valence-corrected chi connectivity index (χ0v) is 26.6. The molecule has 0 spiro atoms. The van der Waals surface area contributed by atoms with Crippen molar-refractivity contribution in [2.24, 2.45) is 7.05 Å². The lowest BCUT2D eigenvalue weighted by atomic mass is 9.87. The molecule has 0 amide bonds. The van der Waals surface area contributed by atoms with Crippen molar-refractivity contribution in [2.75, 3.05) is 22.9 Å². The Hall–Kier alpha value is -3.98. The van der Waals surface area contributed by atoms with Crippen molar-refractivity contribution >= 4 is 55.0 Å². The highest BCUT2D eigenvalue weighted by Crippen LogP contribution is 2.44. The molecule has 8 nitrogen and oxygen atoms in total. The lowest BCUT2D eigenvalue weighted by molar-refractivity contribution is -0.658. The minimum Gasteiger partial charge on any atom is -0.455 e. The van der Waals surface area contributed by atoms with E-state index in [0.29, 0.717) is 11.3 Å². The highest BCUT2D eigenvalue weighted by molar-refractivity contribution is 7.59. The van der Waals surface area contributed by atoms with Crippen LogP contribution < -0.4 is 19.9 Å². The van der Waals surface area contributed by atoms with Crippen molar-refractivity contribution in [3.63, 3.8) is 0 Å². The van der Waals surface area contributed by atoms with E-state index in [1.165, 1.54) is 28.0 Å². The van der Waals surface area contributed by atoms with Gasteiger partial charge in [0.1, 0.15) is 18.2 Å². The Morgan fingerprint density at radius 1 is 0.786 bits per heavy atom. The Morgan fingerprint density at radius 3 is 1.79 bits per heavy atom. The van der Waals surface area contributed by atoms with Crippen molar-refractivity contribution < 1.29 is 21.6 Å². The summed E-state index contributed by atoms with van der Waals surface area (Å²) < 4.78 is 33.8. The maximum atomic E-state index is 13.7. The fraction of sp³-hybridized carbons (Fsp3) is 0.394. The quantitative estimate of drug-likeness (QED) is 0.163. The number of fused-ring (bicyclic) bond motifs is 6. The molecule has 0 atom stereocenters. The summed E-state index contributed by atoms with van der Waals surface area (Å²) in [5.41, 5.74) is 9.32. The van der Waals surface area contributed by atoms with Crippen LogP contribution in [-0.2, 0) is 17.7 Å². The first-order valence-electron chi connectivity index (χ1n) is 14.2. The number of hydrogen-bond donors (Lipinski definition) is 0. The molecule has 0 radical (unpaired) electrons. The van der Waals surface area contributed by atoms with Crippen LogP contribution in [0, 0.1) is 0 Å². The summed E-state index contributed by atoms with van der Waals surface area (Å²) in [5.74, 6) is 0.657. The number of nitrogens with zero attached hydrogens (tertiary/aromatic N) is 3. The second-order valence-electron chi connectivity index (χ2n) is 12.3. The van der Waals surface area contributed by atoms with E-state index in [9.17, 15) is 4.79 Å². The number of rotatable bonds is 2. The smallest absolute Gasteiger partial charge is 0.425 e. The van der Waals surface area contributed by atoms with Gasteiger partial charge in [-0.3, -0.25) is 0 Å². The molecule has 0 bridgehead atoms. The number of aryl methyl sites for hydroxylation is 1. The average Bonchev–Trinajstić information content (AvgIpc) is 2.88. The van der Waals surface area contributed by atoms with Crippen LogP contribution >= 0.6 is 0 Å². The minimum absolute atomic E-state index is 0.0372. The van der Waals surface area contributed by atoms with Crippen LogP contribution in [0.25, 0.3) is 44.3 Å². The molecule has 0 fully saturated rings. The third-order valence-corrected chi connectivity index (χ3v) is 8.73. The van der Waals surface area contributed by atoms with Gasteiger partial charge in [0.05, 0.1) is 22.2 Å². The van der Waals surface area contributed by atoms with E-state index in [1.54, 1.807) is 4.57 Å². The molecule has 42 heavy (non-hydrogen) atoms. The molecule has 0 saturated carbocycles. The maximum Gasteiger partial charge on any atom is 0.425 e. The Morgan fingerprint density at radius 2 is 1.26 bits per heavy atom. The number of pyridine rings is 1. The molecule has 0 N–H and O–H groups in total. The van der Waals surface area contributed by atoms with Gasteiger partial charge in [0.2, 0.25) is 5.52 Å². The van der Waals surface area contributed by atoms with E-state index in [0.717, 1.165) is 40.6 Å². The number of hydrogen-bond acceptors (Lipinski definition) is 7. The standard InChI is InChI=1S/C33H38N3O2.O3S/c1-10-35-27-15-26-24(14-23(27)20(4)18-32(35,5)6)30-25(31(37)34(26)9)13-21-12-22-19(3)17-33(7,8)36(11-2)28(22)16-29(21)38-30;1-4(2)3/h12-18H,10-11H2,1-9H3;/q+1;. The number of benzene rings is 2. The molecule has 0 unspecified atom stereocenters. The Bertz CT molecular complexity index is 1980. The number of likely N-dealkylation sites (N-methyl/N-ethyl adjacent to an activating group) is 2. The molecular formula is C33H38N3O5S+. The first kappa shape index (κ1) is 29.5. The summed E-state index contributed by atoms with van der Waals surface area (Å²) in [5, 5.41) is 1.91. The van der Waals surface area contributed by atoms with Crippen LogP contribution in [-0.4, -0.2) is 36.8 Å². The second-order valence-corrected chi connectivity index (χ2v) is 12.7. The fourth-order valence-corrected chi connectivity index (χ4v) is 7.08. The lowest BCUT2D eigenvalue weighted by Gasteiger charge is -2.42. The lowest BCUT2D eigenvalue weighted by Crippen LogP contribution is -2.48. The van der Waals surface area contributed by atoms with E-state index in [-0.39, 0.29) is 16.6 Å². The van der Waals surface area contributed by atoms with Crippen LogP contribution in [0.4, 0.5) is 11.4 Å². The van der Waals surface area contributed by atoms with Crippen LogP contribution in [0.3, 0.4) is 0 Å². The molecule has 0 aliphatic carbocycles. The number of anilines is 2. The predicted molar refractivity (Wildman–Crippen MR) is 169 cm³/mol. The minimum atomic E-state index is -3.11. The van der Waals surface area contributed by atoms with Gasteiger partial charge in [-0.1, -0.05) is 12.2 Å². The topological polar surface area (TPSA) is 91.8 Å². The van der Waals surface area contributed by atoms with Gasteiger partial charge in [-0.2, -0.15) is 4.57 Å². The van der Waals surface area contributed by atoms with Crippen molar-refractivity contribution in [2.45, 2.75) is 66.5 Å². The third kappa shape index (κ3) is 4.60. The Labute approximate surface area is 248 Å². The van der Waals surface area contributed by atoms with Gasteiger partial charge in [-0.15, -0.1) is 12.6 Å². The summed E-state index contributed by atoms with van der Waals surface area (Å²) in [4.78, 5) is 18.5. The summed E-state index contributed by atoms with van der Waals surface area (Å²) in [6.07, 6.45) is 4.67. The van der Waals surface area contributed by atoms with Gasteiger partial charge < -0.3 is 14.2 Å². The highest BCUT2D eigenvalue weighted by Gasteiger charge is 2.35. The van der Waals surface area contributed by atoms with Crippen LogP contribution in [0.1, 0.15) is 66.5 Å². The summed E-state index contributed by atoms with van der Waals surface area (Å²) in [7, 11) is -1.24. The fourth-order valence-electron chi connectivity index (χ4n) is 7.08. The van der Waals surface area contributed by atoms with E-state index in [2.05, 4.69) is 102 Å². The molecule has 220 valence electrons. The average molecular weight is 589 g/mol. The largest absolute Gasteiger partial charge is 0.455 e. The monoisotopic (exact) mass is 588 g/mol. The van der Waals surface area contributed by atoms with Gasteiger partial charge in [-0.05, 0) is 84.7 Å². The SMILES string of the molecule is CCN1c2cc3oc4c5cc6c(cc5[n+](C)c(=O)c-4cc3cc2C(C)=CC1(C)C)N(CC)C(C)(C)C=C6C.O=S(=O)=O. The normalized spacial score (nSPS) is 16.9. The molecule has 9 heteroatoms. The Kier molecular flexibility index (Phi) is 7.08. The summed E-state index contributed by atoms with van der Waals surface area (Å²) >= 11 is 0. The van der Waals surface area contributed by atoms with Crippen molar-refractivity contribution in [1.82, 2.24) is 0 Å². The summed E-state index contributed by atoms with van der Waals surface area (Å²) in [6, 6.07) is 10.8. The summed E-state index contributed by atoms with van der Waals surface area (Å²) in [6.45, 7) is 19.5. The Balaban J connectivity index is 0.000000830. The molecule has 0 saturated heterocycles. The van der Waals surface area contributed by atoms with E-state index in [1.807, 2.05) is 13.1 Å². The van der Waals surface area contributed by atoms with Gasteiger partial charge in [-0.25, -0.2) is 4.79 Å². The zero-order valence-electron chi connectivity index (χ0n) is 25.7. The van der Waals surface area contributed by atoms with E-state index < -0.39 is 10.6 Å². The van der Waals surface area contributed by atoms with Gasteiger partial charge in [0.25, 0.3) is 0 Å². The molecule has 4 aliphatic rings. The first-order valence-corrected chi connectivity index (χ1v) is 15.2. The second kappa shape index (κ2) is 10.1. The molecule has 2 aromatic rings. The van der Waals surface area contributed by atoms with Crippen LogP contribution in [0.5, 0.6) is 0 Å². The van der Waals surface area contributed by atoms with Crippen molar-refractivity contribution in [3.05, 3.63) is 64.0 Å². The van der Waals surface area contributed by atoms with Gasteiger partial charge >= 0.3 is 16.2 Å². The molecule has 6 rings (SSSR count). The maximum absolute atomic E-state index is 13.7. The van der Waals surface area contributed by atoms with Gasteiger partial charge in [0.15, 0.2) is 5.76 Å². The number of allylic oxidation sites excluding steroid dienone is 2. The molecule has 4 heterocycles.